The molecule has 1 aromatic carbocycles. The second-order valence-electron chi connectivity index (χ2n) is 9.76. The molecule has 0 spiro atoms. The molecule has 1 fully saturated rings. The Bertz CT molecular complexity index is 1340. The summed E-state index contributed by atoms with van der Waals surface area (Å²) in [5.41, 5.74) is 4.33. The zero-order chi connectivity index (χ0) is 23.2. The number of hydrogen-bond donors (Lipinski definition) is 0. The lowest BCUT2D eigenvalue weighted by Gasteiger charge is -2.35. The third-order valence-corrected chi connectivity index (χ3v) is 6.44. The van der Waals surface area contributed by atoms with Crippen LogP contribution in [0.5, 0.6) is 0 Å². The Kier molecular flexibility index (Phi) is 5.12. The van der Waals surface area contributed by atoms with Crippen LogP contribution in [0.15, 0.2) is 43.0 Å². The molecule has 1 saturated heterocycles. The molecular weight excluding hydrogens is 412 g/mol. The smallest absolute Gasteiger partial charge is 0.181 e. The van der Waals surface area contributed by atoms with Gasteiger partial charge in [0.15, 0.2) is 5.65 Å². The fourth-order valence-electron chi connectivity index (χ4n) is 4.64. The molecule has 0 radical (unpaired) electrons. The Morgan fingerprint density at radius 2 is 1.94 bits per heavy atom. The zero-order valence-corrected chi connectivity index (χ0v) is 19.5. The van der Waals surface area contributed by atoms with Crippen LogP contribution in [-0.4, -0.2) is 42.6 Å². The van der Waals surface area contributed by atoms with Gasteiger partial charge in [-0.2, -0.15) is 10.4 Å². The molecule has 1 aliphatic heterocycles. The van der Waals surface area contributed by atoms with Crippen LogP contribution in [0.2, 0.25) is 0 Å². The molecule has 0 aliphatic carbocycles. The fraction of sp³-hybridized carbons (Fsp3) is 0.400. The van der Waals surface area contributed by atoms with Gasteiger partial charge < -0.3 is 9.47 Å². The van der Waals surface area contributed by atoms with Crippen LogP contribution in [0.1, 0.15) is 50.9 Å². The van der Waals surface area contributed by atoms with Gasteiger partial charge in [-0.3, -0.25) is 4.68 Å². The highest BCUT2D eigenvalue weighted by Crippen LogP contribution is 2.38. The minimum absolute atomic E-state index is 0.111. The first-order chi connectivity index (χ1) is 15.8. The van der Waals surface area contributed by atoms with E-state index >= 15 is 0 Å². The first-order valence-electron chi connectivity index (χ1n) is 11.3. The first kappa shape index (κ1) is 21.1. The van der Waals surface area contributed by atoms with Crippen LogP contribution in [0, 0.1) is 11.3 Å². The molecule has 8 nitrogen and oxygen atoms in total. The minimum Gasteiger partial charge on any atom is -0.370 e. The molecule has 4 heterocycles. The number of pyridine rings is 1. The number of nitriles is 1. The molecule has 168 valence electrons. The number of piperidine rings is 1. The van der Waals surface area contributed by atoms with E-state index in [-0.39, 0.29) is 5.54 Å². The molecule has 1 aliphatic rings. The molecule has 0 saturated carbocycles. The number of aromatic nitrogens is 6. The lowest BCUT2D eigenvalue weighted by molar-refractivity contribution is 0.358. The van der Waals surface area contributed by atoms with Crippen LogP contribution >= 0.6 is 0 Å². The van der Waals surface area contributed by atoms with Crippen molar-refractivity contribution < 1.29 is 0 Å². The molecule has 3 aromatic heterocycles. The summed E-state index contributed by atoms with van der Waals surface area (Å²) >= 11 is 0. The van der Waals surface area contributed by atoms with Crippen molar-refractivity contribution in [3.05, 3.63) is 54.4 Å². The Hall–Kier alpha value is -3.73. The Morgan fingerprint density at radius 1 is 1.15 bits per heavy atom. The average Bonchev–Trinajstić information content (AvgIpc) is 3.44. The van der Waals surface area contributed by atoms with E-state index in [1.54, 1.807) is 6.33 Å². The van der Waals surface area contributed by atoms with E-state index in [9.17, 15) is 5.26 Å². The first-order valence-corrected chi connectivity index (χ1v) is 11.3. The van der Waals surface area contributed by atoms with E-state index in [0.29, 0.717) is 11.5 Å². The molecule has 0 amide bonds. The van der Waals surface area contributed by atoms with E-state index in [1.807, 2.05) is 40.8 Å². The summed E-state index contributed by atoms with van der Waals surface area (Å²) in [6.07, 6.45) is 7.62. The number of anilines is 1. The predicted octanol–water partition coefficient (Wildman–Crippen LogP) is 4.24. The molecular formula is C25H28N8. The van der Waals surface area contributed by atoms with Gasteiger partial charge in [0.1, 0.15) is 18.2 Å². The van der Waals surface area contributed by atoms with Gasteiger partial charge in [0, 0.05) is 55.0 Å². The predicted molar refractivity (Wildman–Crippen MR) is 128 cm³/mol. The van der Waals surface area contributed by atoms with Crippen molar-refractivity contribution in [2.45, 2.75) is 45.1 Å². The molecule has 33 heavy (non-hydrogen) atoms. The summed E-state index contributed by atoms with van der Waals surface area (Å²) in [4.78, 5) is 6.97. The number of para-hydroxylation sites is 1. The molecule has 5 rings (SSSR count). The Balaban J connectivity index is 1.50. The van der Waals surface area contributed by atoms with Gasteiger partial charge in [0.05, 0.1) is 16.8 Å². The molecule has 0 unspecified atom stereocenters. The lowest BCUT2D eigenvalue weighted by atomic mass is 9.93. The summed E-state index contributed by atoms with van der Waals surface area (Å²) in [5.74, 6) is 1.42. The van der Waals surface area contributed by atoms with Crippen molar-refractivity contribution in [2.24, 2.45) is 7.05 Å². The fourth-order valence-corrected chi connectivity index (χ4v) is 4.64. The molecule has 0 atom stereocenters. The van der Waals surface area contributed by atoms with Crippen molar-refractivity contribution in [3.8, 4) is 17.2 Å². The summed E-state index contributed by atoms with van der Waals surface area (Å²) in [5, 5.41) is 23.9. The maximum Gasteiger partial charge on any atom is 0.181 e. The molecule has 0 N–H and O–H groups in total. The van der Waals surface area contributed by atoms with Crippen molar-refractivity contribution in [1.82, 2.24) is 29.5 Å². The highest BCUT2D eigenvalue weighted by atomic mass is 15.3. The van der Waals surface area contributed by atoms with Gasteiger partial charge in [-0.15, -0.1) is 10.2 Å². The number of hydrogen-bond acceptors (Lipinski definition) is 6. The van der Waals surface area contributed by atoms with Gasteiger partial charge in [0.25, 0.3) is 0 Å². The Morgan fingerprint density at radius 3 is 2.61 bits per heavy atom. The van der Waals surface area contributed by atoms with E-state index < -0.39 is 0 Å². The van der Waals surface area contributed by atoms with Crippen molar-refractivity contribution >= 4 is 16.7 Å². The standard InChI is InChI=1S/C25H28N8/c1-25(2,3)33-15-20-12-19(14-27-23(20)30-33)21-7-5-6-18(13-26)22(21)32-10-8-17(9-11-32)24-29-28-16-31(24)4/h5-7,12,14-17H,8-11H2,1-4H3. The average molecular weight is 441 g/mol. The van der Waals surface area contributed by atoms with Gasteiger partial charge >= 0.3 is 0 Å². The third kappa shape index (κ3) is 3.84. The largest absolute Gasteiger partial charge is 0.370 e. The quantitative estimate of drug-likeness (QED) is 0.473. The SMILES string of the molecule is Cn1cnnc1C1CCN(c2c(C#N)cccc2-c2cnc3nn(C(C)(C)C)cc3c2)CC1. The van der Waals surface area contributed by atoms with Crippen LogP contribution < -0.4 is 4.90 Å². The maximum atomic E-state index is 9.90. The van der Waals surface area contributed by atoms with E-state index in [1.165, 1.54) is 0 Å². The number of nitrogens with zero attached hydrogens (tertiary/aromatic N) is 8. The van der Waals surface area contributed by atoms with E-state index in [4.69, 9.17) is 0 Å². The summed E-state index contributed by atoms with van der Waals surface area (Å²) < 4.78 is 3.96. The zero-order valence-electron chi connectivity index (χ0n) is 19.5. The highest BCUT2D eigenvalue weighted by Gasteiger charge is 2.27. The van der Waals surface area contributed by atoms with Crippen LogP contribution in [0.4, 0.5) is 5.69 Å². The number of fused-ring (bicyclic) bond motifs is 1. The van der Waals surface area contributed by atoms with Gasteiger partial charge in [-0.25, -0.2) is 4.98 Å². The van der Waals surface area contributed by atoms with Gasteiger partial charge in [0.2, 0.25) is 0 Å². The van der Waals surface area contributed by atoms with Gasteiger partial charge in [-0.1, -0.05) is 12.1 Å². The third-order valence-electron chi connectivity index (χ3n) is 6.44. The molecule has 0 bridgehead atoms. The Labute approximate surface area is 193 Å². The minimum atomic E-state index is -0.111. The van der Waals surface area contributed by atoms with Crippen LogP contribution in [-0.2, 0) is 12.6 Å². The number of aryl methyl sites for hydroxylation is 1. The normalized spacial score (nSPS) is 15.2. The van der Waals surface area contributed by atoms with Crippen LogP contribution in [0.25, 0.3) is 22.2 Å². The summed E-state index contributed by atoms with van der Waals surface area (Å²) in [6.45, 7) is 8.10. The van der Waals surface area contributed by atoms with E-state index in [2.05, 4.69) is 64.2 Å². The van der Waals surface area contributed by atoms with Crippen molar-refractivity contribution in [2.75, 3.05) is 18.0 Å². The lowest BCUT2D eigenvalue weighted by Crippen LogP contribution is -2.34. The molecule has 4 aromatic rings. The molecule has 8 heteroatoms. The second-order valence-corrected chi connectivity index (χ2v) is 9.76. The second kappa shape index (κ2) is 8.00. The van der Waals surface area contributed by atoms with Gasteiger partial charge in [-0.05, 0) is 45.7 Å². The van der Waals surface area contributed by atoms with Crippen LogP contribution in [0.3, 0.4) is 0 Å². The van der Waals surface area contributed by atoms with Crippen molar-refractivity contribution in [1.29, 1.82) is 5.26 Å². The highest BCUT2D eigenvalue weighted by molar-refractivity contribution is 5.87. The van der Waals surface area contributed by atoms with Crippen molar-refractivity contribution in [3.63, 3.8) is 0 Å². The monoisotopic (exact) mass is 440 g/mol. The summed E-state index contributed by atoms with van der Waals surface area (Å²) in [7, 11) is 2.00. The maximum absolute atomic E-state index is 9.90. The van der Waals surface area contributed by atoms with E-state index in [0.717, 1.165) is 59.6 Å². The summed E-state index contributed by atoms with van der Waals surface area (Å²) in [6, 6.07) is 10.5. The number of rotatable bonds is 3. The number of benzene rings is 1. The topological polar surface area (TPSA) is 88.4 Å².